The zero-order chi connectivity index (χ0) is 11.6. The van der Waals surface area contributed by atoms with Gasteiger partial charge in [0.1, 0.15) is 5.75 Å². The van der Waals surface area contributed by atoms with Gasteiger partial charge in [-0.1, -0.05) is 12.1 Å². The summed E-state index contributed by atoms with van der Waals surface area (Å²) >= 11 is 0. The first kappa shape index (κ1) is 11.4. The first-order valence-corrected chi connectivity index (χ1v) is 7.08. The van der Waals surface area contributed by atoms with Gasteiger partial charge in [-0.3, -0.25) is 4.90 Å². The Bertz CT molecular complexity index is 439. The summed E-state index contributed by atoms with van der Waals surface area (Å²) in [5, 5.41) is 9.14. The van der Waals surface area contributed by atoms with Crippen LogP contribution in [0.25, 0.3) is 0 Å². The minimum absolute atomic E-state index is 0.255. The highest BCUT2D eigenvalue weighted by Crippen LogP contribution is 2.13. The van der Waals surface area contributed by atoms with Crippen LogP contribution in [0.4, 0.5) is 0 Å². The van der Waals surface area contributed by atoms with E-state index < -0.39 is 9.84 Å². The van der Waals surface area contributed by atoms with Crippen LogP contribution in [-0.4, -0.2) is 43.0 Å². The predicted molar refractivity (Wildman–Crippen MR) is 62.0 cm³/mol. The molecule has 5 heteroatoms. The molecule has 1 aliphatic heterocycles. The molecule has 16 heavy (non-hydrogen) atoms. The van der Waals surface area contributed by atoms with Crippen LogP contribution in [0.2, 0.25) is 0 Å². The fourth-order valence-electron chi connectivity index (χ4n) is 1.77. The molecule has 1 saturated heterocycles. The molecule has 0 aromatic heterocycles. The summed E-state index contributed by atoms with van der Waals surface area (Å²) in [6.45, 7) is 1.95. The Balaban J connectivity index is 1.94. The molecule has 4 nitrogen and oxygen atoms in total. The summed E-state index contributed by atoms with van der Waals surface area (Å²) in [4.78, 5) is 2.12. The van der Waals surface area contributed by atoms with Gasteiger partial charge in [-0.15, -0.1) is 0 Å². The molecule has 1 N–H and O–H groups in total. The number of rotatable bonds is 2. The highest BCUT2D eigenvalue weighted by Gasteiger charge is 2.21. The zero-order valence-corrected chi connectivity index (χ0v) is 9.78. The van der Waals surface area contributed by atoms with Crippen molar-refractivity contribution in [3.8, 4) is 5.75 Å². The first-order chi connectivity index (χ1) is 7.55. The van der Waals surface area contributed by atoms with Crippen LogP contribution in [0.3, 0.4) is 0 Å². The molecule has 1 aliphatic rings. The van der Waals surface area contributed by atoms with Crippen LogP contribution in [-0.2, 0) is 16.4 Å². The molecule has 0 unspecified atom stereocenters. The Hall–Kier alpha value is -1.07. The van der Waals surface area contributed by atoms with E-state index in [0.717, 1.165) is 12.1 Å². The summed E-state index contributed by atoms with van der Waals surface area (Å²) in [7, 11) is -2.80. The predicted octanol–water partition coefficient (Wildman–Crippen LogP) is 0.623. The number of phenolic OH excluding ortho intramolecular Hbond substituents is 1. The van der Waals surface area contributed by atoms with Crippen LogP contribution in [0.5, 0.6) is 5.75 Å². The minimum atomic E-state index is -2.80. The van der Waals surface area contributed by atoms with Crippen molar-refractivity contribution in [1.29, 1.82) is 0 Å². The van der Waals surface area contributed by atoms with Crippen molar-refractivity contribution < 1.29 is 13.5 Å². The molecule has 0 bridgehead atoms. The molecule has 0 spiro atoms. The Morgan fingerprint density at radius 2 is 1.69 bits per heavy atom. The van der Waals surface area contributed by atoms with Crippen LogP contribution < -0.4 is 0 Å². The Morgan fingerprint density at radius 1 is 1.12 bits per heavy atom. The van der Waals surface area contributed by atoms with Gasteiger partial charge in [0.2, 0.25) is 0 Å². The molecule has 0 atom stereocenters. The van der Waals surface area contributed by atoms with E-state index in [2.05, 4.69) is 4.90 Å². The van der Waals surface area contributed by atoms with Gasteiger partial charge in [0.15, 0.2) is 9.84 Å². The van der Waals surface area contributed by atoms with Crippen LogP contribution >= 0.6 is 0 Å². The lowest BCUT2D eigenvalue weighted by Gasteiger charge is -2.26. The van der Waals surface area contributed by atoms with Crippen molar-refractivity contribution in [1.82, 2.24) is 4.90 Å². The summed E-state index contributed by atoms with van der Waals surface area (Å²) in [5.41, 5.74) is 1.09. The number of hydrogen-bond acceptors (Lipinski definition) is 4. The summed E-state index contributed by atoms with van der Waals surface area (Å²) in [5.74, 6) is 0.765. The van der Waals surface area contributed by atoms with Gasteiger partial charge in [0.25, 0.3) is 0 Å². The number of benzene rings is 1. The second-order valence-electron chi connectivity index (χ2n) is 4.09. The second kappa shape index (κ2) is 4.43. The number of phenols is 1. The first-order valence-electron chi connectivity index (χ1n) is 5.26. The van der Waals surface area contributed by atoms with E-state index in [4.69, 9.17) is 5.11 Å². The molecule has 88 valence electrons. The number of hydrogen-bond donors (Lipinski definition) is 1. The highest BCUT2D eigenvalue weighted by atomic mass is 32.2. The van der Waals surface area contributed by atoms with Crippen molar-refractivity contribution in [3.05, 3.63) is 29.8 Å². The lowest BCUT2D eigenvalue weighted by atomic mass is 10.2. The molecule has 1 aromatic carbocycles. The smallest absolute Gasteiger partial charge is 0.152 e. The van der Waals surface area contributed by atoms with Crippen molar-refractivity contribution in [2.24, 2.45) is 0 Å². The standard InChI is InChI=1S/C11H15NO3S/c13-11-3-1-10(2-4-11)9-12-5-7-16(14,15)8-6-12/h1-4,13H,5-9H2. The van der Waals surface area contributed by atoms with Gasteiger partial charge in [-0.05, 0) is 17.7 Å². The van der Waals surface area contributed by atoms with Gasteiger partial charge in [0.05, 0.1) is 11.5 Å². The SMILES string of the molecule is O=S1(=O)CCN(Cc2ccc(O)cc2)CC1. The van der Waals surface area contributed by atoms with Gasteiger partial charge in [-0.2, -0.15) is 0 Å². The van der Waals surface area contributed by atoms with Crippen molar-refractivity contribution in [2.75, 3.05) is 24.6 Å². The average molecular weight is 241 g/mol. The maximum Gasteiger partial charge on any atom is 0.152 e. The normalized spacial score (nSPS) is 20.8. The summed E-state index contributed by atoms with van der Waals surface area (Å²) < 4.78 is 22.5. The second-order valence-corrected chi connectivity index (χ2v) is 6.40. The average Bonchev–Trinajstić information content (AvgIpc) is 2.24. The van der Waals surface area contributed by atoms with Crippen molar-refractivity contribution in [3.63, 3.8) is 0 Å². The maximum absolute atomic E-state index is 11.2. The van der Waals surface area contributed by atoms with Crippen LogP contribution in [0.15, 0.2) is 24.3 Å². The van der Waals surface area contributed by atoms with Gasteiger partial charge in [0, 0.05) is 19.6 Å². The topological polar surface area (TPSA) is 57.6 Å². The van der Waals surface area contributed by atoms with E-state index >= 15 is 0 Å². The molecule has 0 aliphatic carbocycles. The maximum atomic E-state index is 11.2. The van der Waals surface area contributed by atoms with E-state index in [1.54, 1.807) is 12.1 Å². The highest BCUT2D eigenvalue weighted by molar-refractivity contribution is 7.91. The van der Waals surface area contributed by atoms with Crippen LogP contribution in [0, 0.1) is 0 Å². The van der Waals surface area contributed by atoms with Gasteiger partial charge >= 0.3 is 0 Å². The zero-order valence-electron chi connectivity index (χ0n) is 8.96. The third kappa shape index (κ3) is 2.96. The van der Waals surface area contributed by atoms with Crippen molar-refractivity contribution >= 4 is 9.84 Å². The molecule has 0 amide bonds. The lowest BCUT2D eigenvalue weighted by molar-refractivity contribution is 0.287. The fraction of sp³-hybridized carbons (Fsp3) is 0.455. The lowest BCUT2D eigenvalue weighted by Crippen LogP contribution is -2.39. The van der Waals surface area contributed by atoms with E-state index in [1.807, 2.05) is 12.1 Å². The van der Waals surface area contributed by atoms with Crippen LogP contribution in [0.1, 0.15) is 5.56 Å². The number of nitrogens with zero attached hydrogens (tertiary/aromatic N) is 1. The van der Waals surface area contributed by atoms with E-state index in [-0.39, 0.29) is 17.3 Å². The monoisotopic (exact) mass is 241 g/mol. The van der Waals surface area contributed by atoms with Gasteiger partial charge < -0.3 is 5.11 Å². The van der Waals surface area contributed by atoms with E-state index in [0.29, 0.717) is 13.1 Å². The molecule has 1 heterocycles. The summed E-state index contributed by atoms with van der Waals surface area (Å²) in [6, 6.07) is 7.02. The molecule has 2 rings (SSSR count). The van der Waals surface area contributed by atoms with Crippen molar-refractivity contribution in [2.45, 2.75) is 6.54 Å². The third-order valence-electron chi connectivity index (χ3n) is 2.78. The van der Waals surface area contributed by atoms with E-state index in [1.165, 1.54) is 0 Å². The van der Waals surface area contributed by atoms with Gasteiger partial charge in [-0.25, -0.2) is 8.42 Å². The Morgan fingerprint density at radius 3 is 2.25 bits per heavy atom. The summed E-state index contributed by atoms with van der Waals surface area (Å²) in [6.07, 6.45) is 0. The number of sulfone groups is 1. The fourth-order valence-corrected chi connectivity index (χ4v) is 3.04. The Labute approximate surface area is 95.4 Å². The molecular formula is C11H15NO3S. The van der Waals surface area contributed by atoms with E-state index in [9.17, 15) is 8.42 Å². The Kier molecular flexibility index (Phi) is 3.16. The number of aromatic hydroxyl groups is 1. The third-order valence-corrected chi connectivity index (χ3v) is 4.39. The molecule has 0 radical (unpaired) electrons. The largest absolute Gasteiger partial charge is 0.508 e. The minimum Gasteiger partial charge on any atom is -0.508 e. The molecule has 1 fully saturated rings. The molecule has 1 aromatic rings. The molecular weight excluding hydrogens is 226 g/mol. The molecule has 0 saturated carbocycles. The quantitative estimate of drug-likeness (QED) is 0.825.